The summed E-state index contributed by atoms with van der Waals surface area (Å²) in [5, 5.41) is 13.8. The van der Waals surface area contributed by atoms with Gasteiger partial charge in [-0.2, -0.15) is 0 Å². The zero-order chi connectivity index (χ0) is 25.8. The summed E-state index contributed by atoms with van der Waals surface area (Å²) in [5.41, 5.74) is 0.487. The van der Waals surface area contributed by atoms with Gasteiger partial charge in [0.05, 0.1) is 31.0 Å². The van der Waals surface area contributed by atoms with Crippen LogP contribution in [0, 0.1) is 11.8 Å². The van der Waals surface area contributed by atoms with Crippen molar-refractivity contribution in [1.29, 1.82) is 0 Å². The molecule has 1 amide bonds. The molecule has 3 saturated heterocycles. The summed E-state index contributed by atoms with van der Waals surface area (Å²) in [6, 6.07) is 0.000356. The van der Waals surface area contributed by atoms with Crippen LogP contribution in [0.5, 0.6) is 0 Å². The fraction of sp³-hybridized carbons (Fsp3) is 0.714. The molecular weight excluding hydrogens is 446 g/mol. The maximum absolute atomic E-state index is 12.2. The van der Waals surface area contributed by atoms with E-state index >= 15 is 0 Å². The predicted molar refractivity (Wildman–Crippen MR) is 135 cm³/mol. The largest absolute Gasteiger partial charge is 0.387 e. The minimum Gasteiger partial charge on any atom is -0.387 e. The van der Waals surface area contributed by atoms with Gasteiger partial charge in [-0.25, -0.2) is 0 Å². The number of amides is 1. The SMILES string of the molecule is CC(=O)C[C@@H]1C[C@@]2(CO2)[C@H](O)[C@@H](/C=C/C(C)=C/C[C@H]2O[C@H](C)[C@H](NC(=O)/C=C\C(C)C)C[C@@H]2C)O1. The summed E-state index contributed by atoms with van der Waals surface area (Å²) in [6.07, 6.45) is 10.6. The topological polar surface area (TPSA) is 97.4 Å². The molecule has 0 aromatic rings. The number of aliphatic hydroxyl groups is 1. The first-order valence-electron chi connectivity index (χ1n) is 12.9. The van der Waals surface area contributed by atoms with Gasteiger partial charge < -0.3 is 24.6 Å². The van der Waals surface area contributed by atoms with Crippen LogP contribution in [-0.2, 0) is 23.8 Å². The molecule has 3 rings (SSSR count). The highest BCUT2D eigenvalue weighted by atomic mass is 16.6. The summed E-state index contributed by atoms with van der Waals surface area (Å²) < 4.78 is 17.8. The summed E-state index contributed by atoms with van der Waals surface area (Å²) in [7, 11) is 0. The van der Waals surface area contributed by atoms with Crippen molar-refractivity contribution >= 4 is 11.7 Å². The highest BCUT2D eigenvalue weighted by Crippen LogP contribution is 2.43. The number of epoxide rings is 1. The maximum Gasteiger partial charge on any atom is 0.243 e. The molecule has 8 atom stereocenters. The lowest BCUT2D eigenvalue weighted by Gasteiger charge is -2.39. The van der Waals surface area contributed by atoms with Crippen molar-refractivity contribution in [2.45, 2.75) is 109 Å². The number of carbonyl (C=O) groups is 2. The van der Waals surface area contributed by atoms with Crippen LogP contribution < -0.4 is 5.32 Å². The molecule has 2 N–H and O–H groups in total. The minimum atomic E-state index is -0.736. The number of nitrogens with one attached hydrogen (secondary N) is 1. The Morgan fingerprint density at radius 3 is 2.51 bits per heavy atom. The van der Waals surface area contributed by atoms with E-state index in [0.717, 1.165) is 18.4 Å². The number of hydrogen-bond donors (Lipinski definition) is 2. The summed E-state index contributed by atoms with van der Waals surface area (Å²) in [4.78, 5) is 23.7. The van der Waals surface area contributed by atoms with E-state index in [-0.39, 0.29) is 36.0 Å². The zero-order valence-corrected chi connectivity index (χ0v) is 22.0. The lowest BCUT2D eigenvalue weighted by atomic mass is 9.87. The molecule has 0 bridgehead atoms. The highest BCUT2D eigenvalue weighted by molar-refractivity contribution is 5.87. The number of carbonyl (C=O) groups excluding carboxylic acids is 2. The first-order chi connectivity index (χ1) is 16.5. The van der Waals surface area contributed by atoms with E-state index in [1.807, 2.05) is 45.9 Å². The van der Waals surface area contributed by atoms with Crippen LogP contribution in [0.4, 0.5) is 0 Å². The van der Waals surface area contributed by atoms with Crippen molar-refractivity contribution in [1.82, 2.24) is 5.32 Å². The van der Waals surface area contributed by atoms with Crippen LogP contribution in [0.25, 0.3) is 0 Å². The Balaban J connectivity index is 1.52. The molecule has 3 aliphatic rings. The van der Waals surface area contributed by atoms with Gasteiger partial charge in [0.15, 0.2) is 0 Å². The van der Waals surface area contributed by atoms with Gasteiger partial charge in [0, 0.05) is 12.8 Å². The van der Waals surface area contributed by atoms with Gasteiger partial charge in [-0.15, -0.1) is 0 Å². The normalized spacial score (nSPS) is 37.9. The van der Waals surface area contributed by atoms with Crippen molar-refractivity contribution < 1.29 is 28.9 Å². The molecule has 7 heteroatoms. The van der Waals surface area contributed by atoms with Crippen LogP contribution >= 0.6 is 0 Å². The summed E-state index contributed by atoms with van der Waals surface area (Å²) >= 11 is 0. The van der Waals surface area contributed by atoms with Crippen molar-refractivity contribution in [3.63, 3.8) is 0 Å². The van der Waals surface area contributed by atoms with Gasteiger partial charge in [0.25, 0.3) is 0 Å². The van der Waals surface area contributed by atoms with Crippen LogP contribution in [-0.4, -0.2) is 65.6 Å². The summed E-state index contributed by atoms with van der Waals surface area (Å²) in [6.45, 7) is 12.3. The summed E-state index contributed by atoms with van der Waals surface area (Å²) in [5.74, 6) is 0.653. The Kier molecular flexibility index (Phi) is 9.49. The second kappa shape index (κ2) is 12.0. The van der Waals surface area contributed by atoms with E-state index in [2.05, 4.69) is 18.3 Å². The Bertz CT molecular complexity index is 842. The van der Waals surface area contributed by atoms with E-state index in [4.69, 9.17) is 14.2 Å². The third-order valence-electron chi connectivity index (χ3n) is 7.20. The lowest BCUT2D eigenvalue weighted by molar-refractivity contribution is -0.143. The lowest BCUT2D eigenvalue weighted by Crippen LogP contribution is -2.50. The van der Waals surface area contributed by atoms with Crippen molar-refractivity contribution in [3.8, 4) is 0 Å². The minimum absolute atomic E-state index is 0.000356. The Hall–Kier alpha value is -1.80. The van der Waals surface area contributed by atoms with Crippen LogP contribution in [0.2, 0.25) is 0 Å². The van der Waals surface area contributed by atoms with Gasteiger partial charge in [-0.1, -0.05) is 50.6 Å². The molecule has 0 aliphatic carbocycles. The fourth-order valence-electron chi connectivity index (χ4n) is 4.96. The van der Waals surface area contributed by atoms with Crippen LogP contribution in [0.3, 0.4) is 0 Å². The molecule has 3 fully saturated rings. The third-order valence-corrected chi connectivity index (χ3v) is 7.20. The molecule has 196 valence electrons. The number of aliphatic hydroxyl groups excluding tert-OH is 1. The zero-order valence-electron chi connectivity index (χ0n) is 22.0. The van der Waals surface area contributed by atoms with Gasteiger partial charge in [-0.3, -0.25) is 9.59 Å². The van der Waals surface area contributed by atoms with Gasteiger partial charge in [0.2, 0.25) is 5.91 Å². The average molecular weight is 490 g/mol. The van der Waals surface area contributed by atoms with Crippen LogP contribution in [0.1, 0.15) is 67.2 Å². The van der Waals surface area contributed by atoms with Gasteiger partial charge >= 0.3 is 0 Å². The number of hydrogen-bond acceptors (Lipinski definition) is 6. The van der Waals surface area contributed by atoms with Crippen molar-refractivity contribution in [2.24, 2.45) is 11.8 Å². The molecule has 0 saturated carbocycles. The number of ketones is 1. The fourth-order valence-corrected chi connectivity index (χ4v) is 4.96. The smallest absolute Gasteiger partial charge is 0.243 e. The molecule has 35 heavy (non-hydrogen) atoms. The Morgan fingerprint density at radius 2 is 1.89 bits per heavy atom. The number of Topliss-reactive ketones (excluding diaryl/α,β-unsaturated/α-hetero) is 1. The molecule has 7 nitrogen and oxygen atoms in total. The average Bonchev–Trinajstić information content (AvgIpc) is 3.54. The monoisotopic (exact) mass is 489 g/mol. The van der Waals surface area contributed by atoms with E-state index in [1.54, 1.807) is 13.0 Å². The van der Waals surface area contributed by atoms with Gasteiger partial charge in [0.1, 0.15) is 23.6 Å². The van der Waals surface area contributed by atoms with Crippen molar-refractivity contribution in [3.05, 3.63) is 36.0 Å². The second-order valence-corrected chi connectivity index (χ2v) is 11.0. The van der Waals surface area contributed by atoms with E-state index in [0.29, 0.717) is 31.3 Å². The van der Waals surface area contributed by atoms with Gasteiger partial charge in [-0.05, 0) is 51.5 Å². The quantitative estimate of drug-likeness (QED) is 0.291. The molecule has 0 aromatic heterocycles. The number of rotatable bonds is 9. The molecule has 3 heterocycles. The third kappa shape index (κ3) is 7.84. The molecule has 1 spiro atoms. The predicted octanol–water partition coefficient (Wildman–Crippen LogP) is 3.66. The number of ether oxygens (including phenoxy) is 3. The standard InChI is InChI=1S/C28H43NO6/c1-17(2)7-12-26(31)29-23-13-19(4)24(34-21(23)6)10-8-18(3)9-11-25-27(32)28(16-33-28)15-22(35-25)14-20(5)30/h7-9,11-12,17,19,21-25,27,32H,10,13-16H2,1-6H3,(H,29,31)/b11-9+,12-7-,18-8+/t19-,21+,22+,23+,24+,25+,27+,28+/m0/s1. The van der Waals surface area contributed by atoms with Crippen LogP contribution in [0.15, 0.2) is 36.0 Å². The maximum atomic E-state index is 12.2. The number of allylic oxidation sites excluding steroid dienone is 3. The first-order valence-corrected chi connectivity index (χ1v) is 12.9. The molecule has 0 radical (unpaired) electrons. The van der Waals surface area contributed by atoms with E-state index in [9.17, 15) is 14.7 Å². The Labute approximate surface area is 210 Å². The molecule has 0 unspecified atom stereocenters. The Morgan fingerprint density at radius 1 is 1.17 bits per heavy atom. The second-order valence-electron chi connectivity index (χ2n) is 11.0. The molecule has 0 aromatic carbocycles. The van der Waals surface area contributed by atoms with E-state index < -0.39 is 17.8 Å². The van der Waals surface area contributed by atoms with E-state index in [1.165, 1.54) is 0 Å². The highest BCUT2D eigenvalue weighted by Gasteiger charge is 2.58. The van der Waals surface area contributed by atoms with Crippen molar-refractivity contribution in [2.75, 3.05) is 6.61 Å². The molecule has 3 aliphatic heterocycles. The first kappa shape index (κ1) is 27.8. The molecular formula is C28H43NO6.